The van der Waals surface area contributed by atoms with Gasteiger partial charge in [-0.25, -0.2) is 4.98 Å². The first-order valence-corrected chi connectivity index (χ1v) is 9.75. The molecule has 1 saturated heterocycles. The summed E-state index contributed by atoms with van der Waals surface area (Å²) < 4.78 is 0. The maximum atomic E-state index is 11.6. The summed E-state index contributed by atoms with van der Waals surface area (Å²) in [6.45, 7) is 1.98. The number of nitrogens with zero attached hydrogens (tertiary/aromatic N) is 3. The van der Waals surface area contributed by atoms with Crippen molar-refractivity contribution in [2.24, 2.45) is 0 Å². The fourth-order valence-electron chi connectivity index (χ4n) is 2.74. The minimum Gasteiger partial charge on any atom is -0.365 e. The van der Waals surface area contributed by atoms with E-state index in [0.717, 1.165) is 23.4 Å². The average molecular weight is 391 g/mol. The van der Waals surface area contributed by atoms with Crippen molar-refractivity contribution in [3.63, 3.8) is 0 Å². The zero-order valence-electron chi connectivity index (χ0n) is 14.1. The second-order valence-corrected chi connectivity index (χ2v) is 7.24. The number of rotatable bonds is 7. The summed E-state index contributed by atoms with van der Waals surface area (Å²) in [6, 6.07) is 13.6. The number of hydrogen-bond acceptors (Lipinski definition) is 6. The van der Waals surface area contributed by atoms with Crippen molar-refractivity contribution >= 4 is 23.4 Å². The molecule has 2 heterocycles. The van der Waals surface area contributed by atoms with Gasteiger partial charge < -0.3 is 10.2 Å². The number of nitro groups is 1. The molecule has 0 bridgehead atoms. The molecule has 0 unspecified atom stereocenters. The van der Waals surface area contributed by atoms with Crippen molar-refractivity contribution in [2.45, 2.75) is 12.3 Å². The molecule has 0 spiro atoms. The molecule has 1 aliphatic heterocycles. The van der Waals surface area contributed by atoms with Crippen molar-refractivity contribution in [2.75, 3.05) is 18.8 Å². The lowest BCUT2D eigenvalue weighted by molar-refractivity contribution is -0.425. The van der Waals surface area contributed by atoms with E-state index in [1.54, 1.807) is 24.0 Å². The summed E-state index contributed by atoms with van der Waals surface area (Å²) in [7, 11) is 0. The van der Waals surface area contributed by atoms with Crippen LogP contribution in [0.2, 0.25) is 5.15 Å². The Balaban J connectivity index is 1.69. The molecule has 0 aliphatic carbocycles. The fraction of sp³-hybridized carbons (Fsp3) is 0.278. The van der Waals surface area contributed by atoms with Gasteiger partial charge in [0.2, 0.25) is 0 Å². The molecule has 0 radical (unpaired) electrons. The Hall–Kier alpha value is -2.25. The van der Waals surface area contributed by atoms with Crippen LogP contribution >= 0.6 is 23.4 Å². The van der Waals surface area contributed by atoms with Crippen molar-refractivity contribution in [3.8, 4) is 0 Å². The molecule has 0 amide bonds. The van der Waals surface area contributed by atoms with E-state index in [4.69, 9.17) is 11.6 Å². The van der Waals surface area contributed by atoms with Gasteiger partial charge in [-0.3, -0.25) is 10.1 Å². The monoisotopic (exact) mass is 390 g/mol. The molecule has 1 fully saturated rings. The van der Waals surface area contributed by atoms with Gasteiger partial charge in [-0.15, -0.1) is 11.8 Å². The molecule has 26 heavy (non-hydrogen) atoms. The number of pyridine rings is 1. The van der Waals surface area contributed by atoms with E-state index in [2.05, 4.69) is 10.3 Å². The summed E-state index contributed by atoms with van der Waals surface area (Å²) >= 11 is 7.36. The Morgan fingerprint density at radius 1 is 1.27 bits per heavy atom. The van der Waals surface area contributed by atoms with Gasteiger partial charge in [0.05, 0.1) is 10.7 Å². The molecule has 1 aliphatic rings. The first-order valence-electron chi connectivity index (χ1n) is 8.22. The number of nitrogens with one attached hydrogen (secondary N) is 1. The Morgan fingerprint density at radius 2 is 2.08 bits per heavy atom. The third kappa shape index (κ3) is 4.89. The van der Waals surface area contributed by atoms with Gasteiger partial charge in [-0.1, -0.05) is 48.0 Å². The lowest BCUT2D eigenvalue weighted by atomic mass is 10.2. The van der Waals surface area contributed by atoms with E-state index in [9.17, 15) is 10.1 Å². The van der Waals surface area contributed by atoms with Crippen LogP contribution in [-0.2, 0) is 12.3 Å². The second kappa shape index (κ2) is 8.91. The topological polar surface area (TPSA) is 71.3 Å². The molecule has 136 valence electrons. The Bertz CT molecular complexity index is 784. The third-order valence-corrected chi connectivity index (χ3v) is 5.24. The van der Waals surface area contributed by atoms with Crippen LogP contribution in [0.15, 0.2) is 60.2 Å². The van der Waals surface area contributed by atoms with Crippen LogP contribution in [-0.4, -0.2) is 33.6 Å². The maximum absolute atomic E-state index is 11.6. The van der Waals surface area contributed by atoms with Gasteiger partial charge >= 0.3 is 0 Å². The molecule has 8 heteroatoms. The zero-order chi connectivity index (χ0) is 18.4. The lowest BCUT2D eigenvalue weighted by Crippen LogP contribution is -2.24. The smallest absolute Gasteiger partial charge is 0.295 e. The van der Waals surface area contributed by atoms with Gasteiger partial charge in [-0.2, -0.15) is 0 Å². The highest BCUT2D eigenvalue weighted by atomic mass is 35.5. The highest BCUT2D eigenvalue weighted by molar-refractivity contribution is 7.98. The minimum atomic E-state index is -0.279. The Kier molecular flexibility index (Phi) is 6.35. The van der Waals surface area contributed by atoms with Crippen LogP contribution in [0.5, 0.6) is 0 Å². The van der Waals surface area contributed by atoms with Crippen LogP contribution in [0.25, 0.3) is 0 Å². The van der Waals surface area contributed by atoms with Crippen molar-refractivity contribution in [3.05, 3.63) is 86.6 Å². The number of halogens is 1. The summed E-state index contributed by atoms with van der Waals surface area (Å²) in [5.74, 6) is 1.69. The van der Waals surface area contributed by atoms with Crippen molar-refractivity contribution in [1.82, 2.24) is 15.2 Å². The number of benzene rings is 1. The largest absolute Gasteiger partial charge is 0.365 e. The van der Waals surface area contributed by atoms with E-state index < -0.39 is 0 Å². The predicted molar refractivity (Wildman–Crippen MR) is 104 cm³/mol. The number of thioether (sulfide) groups is 1. The second-order valence-electron chi connectivity index (χ2n) is 5.87. The van der Waals surface area contributed by atoms with Gasteiger partial charge in [-0.05, 0) is 17.2 Å². The molecular formula is C18H19ClN4O2S. The Morgan fingerprint density at radius 3 is 2.77 bits per heavy atom. The third-order valence-electron chi connectivity index (χ3n) is 4.00. The van der Waals surface area contributed by atoms with E-state index in [1.807, 2.05) is 41.3 Å². The summed E-state index contributed by atoms with van der Waals surface area (Å²) in [6.07, 6.45) is 1.70. The van der Waals surface area contributed by atoms with Crippen LogP contribution in [0.3, 0.4) is 0 Å². The average Bonchev–Trinajstić information content (AvgIpc) is 3.09. The highest BCUT2D eigenvalue weighted by Crippen LogP contribution is 2.22. The molecular weight excluding hydrogens is 372 g/mol. The zero-order valence-corrected chi connectivity index (χ0v) is 15.7. The molecule has 0 atom stereocenters. The molecule has 3 rings (SSSR count). The first-order chi connectivity index (χ1) is 12.6. The summed E-state index contributed by atoms with van der Waals surface area (Å²) in [4.78, 5) is 17.4. The summed E-state index contributed by atoms with van der Waals surface area (Å²) in [5, 5.41) is 15.2. The van der Waals surface area contributed by atoms with Gasteiger partial charge in [0.25, 0.3) is 5.70 Å². The van der Waals surface area contributed by atoms with E-state index >= 15 is 0 Å². The Labute approximate surface area is 161 Å². The molecule has 2 aromatic rings. The van der Waals surface area contributed by atoms with Gasteiger partial charge in [0, 0.05) is 31.6 Å². The predicted octanol–water partition coefficient (Wildman–Crippen LogP) is 3.52. The van der Waals surface area contributed by atoms with Crippen LogP contribution in [0, 0.1) is 10.1 Å². The standard InChI is InChI=1S/C18H19ClN4O2S/c19-17-7-6-15(10-21-17)11-22-9-8-20-18(22)16(23(24)25)13-26-12-14-4-2-1-3-5-14/h1-7,10,20H,8-9,11-13H2/b18-16-. The normalized spacial score (nSPS) is 15.7. The summed E-state index contributed by atoms with van der Waals surface area (Å²) in [5.41, 5.74) is 2.34. The molecule has 1 aromatic heterocycles. The van der Waals surface area contributed by atoms with Crippen LogP contribution in [0.4, 0.5) is 0 Å². The lowest BCUT2D eigenvalue weighted by Gasteiger charge is -2.19. The molecule has 1 N–H and O–H groups in total. The number of aromatic nitrogens is 1. The minimum absolute atomic E-state index is 0.213. The highest BCUT2D eigenvalue weighted by Gasteiger charge is 2.27. The van der Waals surface area contributed by atoms with E-state index in [0.29, 0.717) is 29.8 Å². The van der Waals surface area contributed by atoms with Gasteiger partial charge in [0.1, 0.15) is 5.15 Å². The fourth-order valence-corrected chi connectivity index (χ4v) is 3.82. The van der Waals surface area contributed by atoms with E-state index in [-0.39, 0.29) is 10.6 Å². The van der Waals surface area contributed by atoms with Crippen molar-refractivity contribution in [1.29, 1.82) is 0 Å². The molecule has 6 nitrogen and oxygen atoms in total. The first kappa shape index (κ1) is 18.5. The quantitative estimate of drug-likeness (QED) is 0.443. The van der Waals surface area contributed by atoms with Gasteiger partial charge in [0.15, 0.2) is 5.82 Å². The number of hydrogen-bond donors (Lipinski definition) is 1. The SMILES string of the molecule is O=[N+]([O-])/C(CSCc1ccccc1)=C1/NCCN1Cc1ccc(Cl)nc1. The molecule has 0 saturated carbocycles. The maximum Gasteiger partial charge on any atom is 0.295 e. The van der Waals surface area contributed by atoms with E-state index in [1.165, 1.54) is 0 Å². The molecule has 1 aromatic carbocycles. The van der Waals surface area contributed by atoms with Crippen LogP contribution in [0.1, 0.15) is 11.1 Å². The van der Waals surface area contributed by atoms with Crippen LogP contribution < -0.4 is 5.32 Å². The van der Waals surface area contributed by atoms with Crippen molar-refractivity contribution < 1.29 is 4.92 Å².